The number of hydrogen-bond acceptors (Lipinski definition) is 5. The summed E-state index contributed by atoms with van der Waals surface area (Å²) in [7, 11) is -3.22. The summed E-state index contributed by atoms with van der Waals surface area (Å²) in [6, 6.07) is 16.7. The molecule has 0 bridgehead atoms. The molecule has 1 heterocycles. The van der Waals surface area contributed by atoms with Crippen molar-refractivity contribution in [2.45, 2.75) is 16.9 Å². The first-order chi connectivity index (χ1) is 11.5. The lowest BCUT2D eigenvalue weighted by Gasteiger charge is -2.05. The second kappa shape index (κ2) is 6.83. The predicted molar refractivity (Wildman–Crippen MR) is 96.9 cm³/mol. The van der Waals surface area contributed by atoms with Crippen LogP contribution < -0.4 is 0 Å². The molecular weight excluding hydrogens is 342 g/mol. The molecule has 0 saturated heterocycles. The van der Waals surface area contributed by atoms with Crippen molar-refractivity contribution in [1.29, 1.82) is 0 Å². The maximum absolute atomic E-state index is 11.6. The van der Waals surface area contributed by atoms with E-state index in [1.165, 1.54) is 6.26 Å². The average Bonchev–Trinajstić information content (AvgIpc) is 2.99. The van der Waals surface area contributed by atoms with Crippen molar-refractivity contribution in [2.75, 3.05) is 12.0 Å². The first-order valence-electron chi connectivity index (χ1n) is 7.49. The maximum atomic E-state index is 11.6. The Balaban J connectivity index is 2.12. The minimum atomic E-state index is -3.22. The quantitative estimate of drug-likeness (QED) is 0.627. The molecule has 6 heteroatoms. The number of thioether (sulfide) groups is 1. The van der Waals surface area contributed by atoms with Crippen LogP contribution in [0.25, 0.3) is 22.4 Å². The van der Waals surface area contributed by atoms with Gasteiger partial charge in [0.2, 0.25) is 5.09 Å². The zero-order valence-electron chi connectivity index (χ0n) is 13.4. The minimum Gasteiger partial charge on any atom is -0.349 e. The first-order valence-corrected chi connectivity index (χ1v) is 10.4. The van der Waals surface area contributed by atoms with Crippen LogP contribution in [0.5, 0.6) is 0 Å². The van der Waals surface area contributed by atoms with E-state index in [9.17, 15) is 8.42 Å². The number of sulfone groups is 1. The fourth-order valence-electron chi connectivity index (χ4n) is 2.42. The van der Waals surface area contributed by atoms with E-state index >= 15 is 0 Å². The van der Waals surface area contributed by atoms with Crippen LogP contribution in [0.2, 0.25) is 0 Å². The van der Waals surface area contributed by atoms with E-state index in [1.54, 1.807) is 36.0 Å². The van der Waals surface area contributed by atoms with Crippen LogP contribution >= 0.6 is 11.8 Å². The van der Waals surface area contributed by atoms with Gasteiger partial charge in [-0.1, -0.05) is 66.3 Å². The Morgan fingerprint density at radius 3 is 2.25 bits per heavy atom. The Morgan fingerprint density at radius 1 is 1.00 bits per heavy atom. The molecule has 3 aromatic rings. The summed E-state index contributed by atoms with van der Waals surface area (Å²) in [6.45, 7) is 2.06. The molecule has 0 aliphatic heterocycles. The number of rotatable bonds is 5. The van der Waals surface area contributed by atoms with Crippen molar-refractivity contribution in [3.05, 3.63) is 54.6 Å². The normalized spacial score (nSPS) is 11.6. The highest BCUT2D eigenvalue weighted by Crippen LogP contribution is 2.39. The van der Waals surface area contributed by atoms with Gasteiger partial charge in [0.25, 0.3) is 0 Å². The lowest BCUT2D eigenvalue weighted by atomic mass is 10.0. The third-order valence-electron chi connectivity index (χ3n) is 3.55. The van der Waals surface area contributed by atoms with E-state index in [0.29, 0.717) is 4.90 Å². The summed E-state index contributed by atoms with van der Waals surface area (Å²) in [5, 5.41) is 5.00. The average molecular weight is 359 g/mol. The lowest BCUT2D eigenvalue weighted by molar-refractivity contribution is 0.352. The molecule has 0 atom stereocenters. The largest absolute Gasteiger partial charge is 0.349 e. The van der Waals surface area contributed by atoms with Gasteiger partial charge in [0.1, 0.15) is 5.69 Å². The van der Waals surface area contributed by atoms with Crippen molar-refractivity contribution >= 4 is 21.6 Å². The van der Waals surface area contributed by atoms with Gasteiger partial charge >= 0.3 is 0 Å². The minimum absolute atomic E-state index is 0.291. The van der Waals surface area contributed by atoms with E-state index in [4.69, 9.17) is 4.52 Å². The molecule has 1 aromatic heterocycles. The zero-order chi connectivity index (χ0) is 17.2. The van der Waals surface area contributed by atoms with Crippen molar-refractivity contribution in [3.8, 4) is 22.4 Å². The van der Waals surface area contributed by atoms with E-state index in [0.717, 1.165) is 33.2 Å². The molecule has 0 unspecified atom stereocenters. The monoisotopic (exact) mass is 359 g/mol. The van der Waals surface area contributed by atoms with Gasteiger partial charge in [-0.3, -0.25) is 0 Å². The molecule has 0 N–H and O–H groups in total. The standard InChI is InChI=1S/C18H17NO3S2/c1-3-23-18-16(13-7-5-4-6-8-13)17(19-22-18)14-9-11-15(12-10-14)24(2,20)21/h4-12H,3H2,1-2H3. The first kappa shape index (κ1) is 16.8. The van der Waals surface area contributed by atoms with E-state index in [-0.39, 0.29) is 0 Å². The van der Waals surface area contributed by atoms with Gasteiger partial charge in [-0.25, -0.2) is 8.42 Å². The van der Waals surface area contributed by atoms with Gasteiger partial charge in [0, 0.05) is 11.8 Å². The summed E-state index contributed by atoms with van der Waals surface area (Å²) in [6.07, 6.45) is 1.20. The van der Waals surface area contributed by atoms with Crippen LogP contribution in [0.3, 0.4) is 0 Å². The van der Waals surface area contributed by atoms with Crippen molar-refractivity contribution in [1.82, 2.24) is 5.16 Å². The molecule has 3 rings (SSSR count). The van der Waals surface area contributed by atoms with Crippen LogP contribution in [0.4, 0.5) is 0 Å². The predicted octanol–water partition coefficient (Wildman–Crippen LogP) is 4.52. The van der Waals surface area contributed by atoms with Gasteiger partial charge in [-0.05, 0) is 23.4 Å². The topological polar surface area (TPSA) is 60.2 Å². The Labute approximate surface area is 145 Å². The number of hydrogen-bond donors (Lipinski definition) is 0. The molecule has 2 aromatic carbocycles. The molecule has 0 fully saturated rings. The highest BCUT2D eigenvalue weighted by molar-refractivity contribution is 7.99. The smallest absolute Gasteiger partial charge is 0.201 e. The summed E-state index contributed by atoms with van der Waals surface area (Å²) in [5.41, 5.74) is 3.51. The molecule has 0 spiro atoms. The Hall–Kier alpha value is -2.05. The molecule has 124 valence electrons. The number of aromatic nitrogens is 1. The molecule has 24 heavy (non-hydrogen) atoms. The highest BCUT2D eigenvalue weighted by Gasteiger charge is 2.19. The second-order valence-corrected chi connectivity index (χ2v) is 8.54. The molecule has 0 aliphatic rings. The van der Waals surface area contributed by atoms with Gasteiger partial charge in [0.05, 0.1) is 10.5 Å². The van der Waals surface area contributed by atoms with Gasteiger partial charge in [-0.15, -0.1) is 0 Å². The molecule has 0 aliphatic carbocycles. The molecule has 0 amide bonds. The molecule has 4 nitrogen and oxygen atoms in total. The Kier molecular flexibility index (Phi) is 4.78. The molecule has 0 saturated carbocycles. The van der Waals surface area contributed by atoms with Gasteiger partial charge in [-0.2, -0.15) is 0 Å². The molecule has 0 radical (unpaired) electrons. The summed E-state index contributed by atoms with van der Waals surface area (Å²) >= 11 is 1.59. The molecular formula is C18H17NO3S2. The van der Waals surface area contributed by atoms with E-state index in [2.05, 4.69) is 12.1 Å². The maximum Gasteiger partial charge on any atom is 0.201 e. The van der Waals surface area contributed by atoms with Crippen molar-refractivity contribution in [3.63, 3.8) is 0 Å². The van der Waals surface area contributed by atoms with E-state index < -0.39 is 9.84 Å². The second-order valence-electron chi connectivity index (χ2n) is 5.29. The summed E-state index contributed by atoms with van der Waals surface area (Å²) in [4.78, 5) is 0.291. The summed E-state index contributed by atoms with van der Waals surface area (Å²) < 4.78 is 28.8. The van der Waals surface area contributed by atoms with Crippen LogP contribution in [-0.2, 0) is 9.84 Å². The fraction of sp³-hybridized carbons (Fsp3) is 0.167. The van der Waals surface area contributed by atoms with Gasteiger partial charge < -0.3 is 4.52 Å². The SMILES string of the molecule is CCSc1onc(-c2ccc(S(C)(=O)=O)cc2)c1-c1ccccc1. The number of nitrogens with zero attached hydrogens (tertiary/aromatic N) is 1. The highest BCUT2D eigenvalue weighted by atomic mass is 32.2. The third kappa shape index (κ3) is 3.39. The van der Waals surface area contributed by atoms with Gasteiger partial charge in [0.15, 0.2) is 9.84 Å². The Bertz CT molecular complexity index is 930. The van der Waals surface area contributed by atoms with Crippen molar-refractivity contribution in [2.24, 2.45) is 0 Å². The lowest BCUT2D eigenvalue weighted by Crippen LogP contribution is -1.96. The number of benzene rings is 2. The van der Waals surface area contributed by atoms with Crippen LogP contribution in [-0.4, -0.2) is 25.6 Å². The van der Waals surface area contributed by atoms with Crippen LogP contribution in [0, 0.1) is 0 Å². The fourth-order valence-corrected chi connectivity index (χ4v) is 3.76. The Morgan fingerprint density at radius 2 is 1.67 bits per heavy atom. The van der Waals surface area contributed by atoms with Crippen LogP contribution in [0.1, 0.15) is 6.92 Å². The third-order valence-corrected chi connectivity index (χ3v) is 5.51. The zero-order valence-corrected chi connectivity index (χ0v) is 15.0. The van der Waals surface area contributed by atoms with Crippen molar-refractivity contribution < 1.29 is 12.9 Å². The summed E-state index contributed by atoms with van der Waals surface area (Å²) in [5.74, 6) is 0.876. The van der Waals surface area contributed by atoms with Crippen LogP contribution in [0.15, 0.2) is 69.1 Å². The van der Waals surface area contributed by atoms with E-state index in [1.807, 2.05) is 30.3 Å².